The number of hydrogen-bond acceptors (Lipinski definition) is 6. The smallest absolute Gasteiger partial charge is 0.410 e. The molecule has 3 atom stereocenters. The minimum atomic E-state index is -3.57. The Bertz CT molecular complexity index is 1430. The molecule has 9 nitrogen and oxygen atoms in total. The van der Waals surface area contributed by atoms with Gasteiger partial charge < -0.3 is 10.1 Å². The molecule has 214 valence electrons. The van der Waals surface area contributed by atoms with Crippen molar-refractivity contribution in [3.63, 3.8) is 0 Å². The fraction of sp³-hybridized carbons (Fsp3) is 0.567. The molecule has 2 saturated carbocycles. The highest BCUT2D eigenvalue weighted by molar-refractivity contribution is 7.89. The Labute approximate surface area is 235 Å². The number of sulfonamides is 1. The van der Waals surface area contributed by atoms with Crippen molar-refractivity contribution in [1.29, 1.82) is 0 Å². The van der Waals surface area contributed by atoms with Gasteiger partial charge in [-0.1, -0.05) is 38.1 Å². The molecule has 3 aliphatic carbocycles. The number of nitrogens with zero attached hydrogens (tertiary/aromatic N) is 2. The number of hydrogen-bond donors (Lipinski definition) is 1. The van der Waals surface area contributed by atoms with Crippen LogP contribution in [-0.2, 0) is 21.9 Å². The largest absolute Gasteiger partial charge is 0.412 e. The number of ether oxygens (including phenoxy) is 1. The van der Waals surface area contributed by atoms with E-state index in [0.29, 0.717) is 25.4 Å². The minimum Gasteiger partial charge on any atom is -0.410 e. The summed E-state index contributed by atoms with van der Waals surface area (Å²) in [6, 6.07) is 13.6. The van der Waals surface area contributed by atoms with Gasteiger partial charge in [-0.2, -0.15) is 0 Å². The van der Waals surface area contributed by atoms with Gasteiger partial charge in [0, 0.05) is 36.7 Å². The van der Waals surface area contributed by atoms with Crippen LogP contribution in [0.1, 0.15) is 63.5 Å². The molecule has 40 heavy (non-hydrogen) atoms. The first kappa shape index (κ1) is 27.2. The third-order valence-electron chi connectivity index (χ3n) is 11.0. The van der Waals surface area contributed by atoms with Crippen molar-refractivity contribution in [2.45, 2.75) is 70.3 Å². The Balaban J connectivity index is 1.16. The summed E-state index contributed by atoms with van der Waals surface area (Å²) in [5, 5.41) is 13.9. The number of nitrogens with one attached hydrogen (secondary N) is 1. The molecule has 1 amide bonds. The summed E-state index contributed by atoms with van der Waals surface area (Å²) >= 11 is 0. The zero-order chi connectivity index (χ0) is 28.3. The number of carbonyl (C=O) groups excluding carboxylic acids is 1. The van der Waals surface area contributed by atoms with E-state index in [-0.39, 0.29) is 34.1 Å². The van der Waals surface area contributed by atoms with Crippen molar-refractivity contribution in [1.82, 2.24) is 9.62 Å². The lowest BCUT2D eigenvalue weighted by Gasteiger charge is -2.45. The lowest BCUT2D eigenvalue weighted by molar-refractivity contribution is -0.384. The Morgan fingerprint density at radius 2 is 1.77 bits per heavy atom. The molecule has 2 bridgehead atoms. The zero-order valence-corrected chi connectivity index (χ0v) is 23.9. The molecule has 2 aromatic rings. The van der Waals surface area contributed by atoms with Crippen LogP contribution in [-0.4, -0.2) is 48.6 Å². The van der Waals surface area contributed by atoms with Gasteiger partial charge in [-0.05, 0) is 85.0 Å². The van der Waals surface area contributed by atoms with Gasteiger partial charge >= 0.3 is 6.09 Å². The molecule has 2 aromatic carbocycles. The van der Waals surface area contributed by atoms with Gasteiger partial charge in [0.15, 0.2) is 0 Å². The van der Waals surface area contributed by atoms with Gasteiger partial charge in [0.2, 0.25) is 10.0 Å². The van der Waals surface area contributed by atoms with Crippen molar-refractivity contribution in [2.75, 3.05) is 18.8 Å². The number of nitro groups is 1. The molecule has 0 aromatic heterocycles. The second-order valence-electron chi connectivity index (χ2n) is 12.8. The van der Waals surface area contributed by atoms with Crippen molar-refractivity contribution in [2.24, 2.45) is 16.7 Å². The first-order valence-corrected chi connectivity index (χ1v) is 15.9. The van der Waals surface area contributed by atoms with E-state index in [9.17, 15) is 23.3 Å². The first-order valence-electron chi connectivity index (χ1n) is 14.2. The number of piperidine rings is 1. The molecule has 10 heteroatoms. The van der Waals surface area contributed by atoms with Crippen LogP contribution >= 0.6 is 0 Å². The van der Waals surface area contributed by atoms with Gasteiger partial charge in [0.25, 0.3) is 5.69 Å². The van der Waals surface area contributed by atoms with Gasteiger partial charge in [-0.15, -0.1) is 0 Å². The Kier molecular flexibility index (Phi) is 6.49. The fourth-order valence-corrected chi connectivity index (χ4v) is 10.7. The topological polar surface area (TPSA) is 119 Å². The number of nitro benzene ring substituents is 1. The van der Waals surface area contributed by atoms with Crippen LogP contribution in [0.15, 0.2) is 48.5 Å². The van der Waals surface area contributed by atoms with E-state index >= 15 is 0 Å². The summed E-state index contributed by atoms with van der Waals surface area (Å²) in [5.74, 6) is 0.519. The summed E-state index contributed by atoms with van der Waals surface area (Å²) < 4.78 is 35.1. The predicted molar refractivity (Wildman–Crippen MR) is 151 cm³/mol. The van der Waals surface area contributed by atoms with Crippen LogP contribution in [0.25, 0.3) is 0 Å². The molecule has 0 radical (unpaired) electrons. The number of aryl methyl sites for hydroxylation is 1. The number of amides is 1. The number of benzene rings is 2. The average molecular weight is 568 g/mol. The van der Waals surface area contributed by atoms with E-state index < -0.39 is 26.5 Å². The van der Waals surface area contributed by atoms with Crippen LogP contribution in [0.4, 0.5) is 10.5 Å². The third-order valence-corrected chi connectivity index (χ3v) is 13.0. The number of rotatable bonds is 6. The van der Waals surface area contributed by atoms with Crippen LogP contribution in [0.3, 0.4) is 0 Å². The van der Waals surface area contributed by atoms with Crippen molar-refractivity contribution >= 4 is 21.8 Å². The summed E-state index contributed by atoms with van der Waals surface area (Å²) in [7, 11) is -3.57. The Hall–Kier alpha value is -2.98. The zero-order valence-electron chi connectivity index (χ0n) is 23.1. The lowest BCUT2D eigenvalue weighted by Crippen LogP contribution is -2.55. The molecule has 4 aliphatic rings. The maximum atomic E-state index is 14.0. The monoisotopic (exact) mass is 567 g/mol. The molecule has 6 rings (SSSR count). The lowest BCUT2D eigenvalue weighted by atomic mass is 9.69. The predicted octanol–water partition coefficient (Wildman–Crippen LogP) is 5.19. The quantitative estimate of drug-likeness (QED) is 0.379. The number of non-ortho nitro benzene ring substituents is 1. The molecular formula is C30H37N3O6S. The SMILES string of the molecule is CC1(C)[C@@H]2CC[C@@]1(CS(=O)(=O)N1CCC3(CCc4ccccc43)CC1)[C@@H](NC(=O)Oc1ccc([N+](=O)[O-])cc1)C2. The molecule has 1 spiro atoms. The van der Waals surface area contributed by atoms with Crippen molar-refractivity contribution < 1.29 is 22.9 Å². The maximum absolute atomic E-state index is 14.0. The molecule has 1 saturated heterocycles. The van der Waals surface area contributed by atoms with E-state index in [2.05, 4.69) is 43.4 Å². The van der Waals surface area contributed by atoms with E-state index in [4.69, 9.17) is 4.74 Å². The van der Waals surface area contributed by atoms with Crippen LogP contribution in [0.2, 0.25) is 0 Å². The van der Waals surface area contributed by atoms with E-state index in [1.165, 1.54) is 35.4 Å². The molecule has 1 aliphatic heterocycles. The second-order valence-corrected chi connectivity index (χ2v) is 14.7. The summed E-state index contributed by atoms with van der Waals surface area (Å²) in [6.07, 6.45) is 5.54. The highest BCUT2D eigenvalue weighted by atomic mass is 32.2. The van der Waals surface area contributed by atoms with Gasteiger partial charge in [0.05, 0.1) is 10.7 Å². The summed E-state index contributed by atoms with van der Waals surface area (Å²) in [5.41, 5.74) is 1.94. The maximum Gasteiger partial charge on any atom is 0.412 e. The van der Waals surface area contributed by atoms with E-state index in [0.717, 1.165) is 38.5 Å². The average Bonchev–Trinajstić information content (AvgIpc) is 3.45. The van der Waals surface area contributed by atoms with Gasteiger partial charge in [-0.3, -0.25) is 10.1 Å². The Morgan fingerprint density at radius 3 is 2.45 bits per heavy atom. The summed E-state index contributed by atoms with van der Waals surface area (Å²) in [6.45, 7) is 5.34. The number of carbonyl (C=O) groups is 1. The second kappa shape index (κ2) is 9.55. The van der Waals surface area contributed by atoms with Crippen molar-refractivity contribution in [3.05, 3.63) is 69.8 Å². The third kappa shape index (κ3) is 4.31. The van der Waals surface area contributed by atoms with Crippen LogP contribution in [0.5, 0.6) is 5.75 Å². The van der Waals surface area contributed by atoms with Crippen LogP contribution < -0.4 is 10.1 Å². The molecular weight excluding hydrogens is 530 g/mol. The van der Waals surface area contributed by atoms with E-state index in [1.807, 2.05) is 0 Å². The Morgan fingerprint density at radius 1 is 1.07 bits per heavy atom. The fourth-order valence-electron chi connectivity index (χ4n) is 8.43. The molecule has 1 heterocycles. The minimum absolute atomic E-state index is 0.00949. The molecule has 3 fully saturated rings. The standard InChI is InChI=1S/C30H37N3O6S/c1-28(2)22-12-14-30(28,26(19-22)31-27(34)39-24-9-7-23(8-10-24)33(35)36)20-40(37,38)32-17-15-29(16-18-32)13-11-21-5-3-4-6-25(21)29/h3-10,22,26H,11-20H2,1-2H3,(H,31,34)/t22-,26+,30-/m1/s1. The van der Waals surface area contributed by atoms with Crippen LogP contribution in [0, 0.1) is 26.9 Å². The molecule has 1 N–H and O–H groups in total. The number of fused-ring (bicyclic) bond motifs is 4. The molecule has 0 unspecified atom stereocenters. The van der Waals surface area contributed by atoms with Gasteiger partial charge in [-0.25, -0.2) is 17.5 Å². The highest BCUT2D eigenvalue weighted by Gasteiger charge is 2.66. The first-order chi connectivity index (χ1) is 19.0. The van der Waals surface area contributed by atoms with Crippen molar-refractivity contribution in [3.8, 4) is 5.75 Å². The normalized spacial score (nSPS) is 28.4. The van der Waals surface area contributed by atoms with E-state index in [1.54, 1.807) is 4.31 Å². The van der Waals surface area contributed by atoms with Gasteiger partial charge in [0.1, 0.15) is 5.75 Å². The highest BCUT2D eigenvalue weighted by Crippen LogP contribution is 2.66. The summed E-state index contributed by atoms with van der Waals surface area (Å²) in [4.78, 5) is 23.3.